The molecule has 1 aliphatic heterocycles. The van der Waals surface area contributed by atoms with E-state index in [2.05, 4.69) is 5.32 Å². The fourth-order valence-corrected chi connectivity index (χ4v) is 4.42. The zero-order chi connectivity index (χ0) is 21.4. The molecule has 1 aromatic heterocycles. The summed E-state index contributed by atoms with van der Waals surface area (Å²) in [5.74, 6) is 0.460. The molecule has 0 bridgehead atoms. The third kappa shape index (κ3) is 3.54. The number of piperidine rings is 1. The first kappa shape index (κ1) is 19.3. The summed E-state index contributed by atoms with van der Waals surface area (Å²) in [7, 11) is 0. The number of fused-ring (bicyclic) bond motifs is 3. The number of nitrogens with zero attached hydrogens (tertiary/aromatic N) is 1. The summed E-state index contributed by atoms with van der Waals surface area (Å²) in [5.41, 5.74) is 3.58. The minimum Gasteiger partial charge on any atom is -0.467 e. The smallest absolute Gasteiger partial charge is 0.253 e. The van der Waals surface area contributed by atoms with Gasteiger partial charge in [0.25, 0.3) is 5.91 Å². The Kier molecular flexibility index (Phi) is 4.90. The molecule has 1 saturated heterocycles. The molecule has 6 heteroatoms. The van der Waals surface area contributed by atoms with Crippen molar-refractivity contribution in [1.29, 1.82) is 0 Å². The van der Waals surface area contributed by atoms with Crippen molar-refractivity contribution in [2.45, 2.75) is 19.4 Å². The van der Waals surface area contributed by atoms with Gasteiger partial charge in [0.2, 0.25) is 5.91 Å². The summed E-state index contributed by atoms with van der Waals surface area (Å²) in [5, 5.41) is 2.90. The number of ketones is 1. The highest BCUT2D eigenvalue weighted by atomic mass is 16.3. The maximum absolute atomic E-state index is 13.0. The Labute approximate surface area is 179 Å². The second kappa shape index (κ2) is 7.87. The number of hydrogen-bond donors (Lipinski definition) is 1. The maximum atomic E-state index is 13.0. The minimum absolute atomic E-state index is 0.00982. The molecule has 3 aromatic rings. The topological polar surface area (TPSA) is 79.6 Å². The monoisotopic (exact) mass is 414 g/mol. The van der Waals surface area contributed by atoms with Crippen molar-refractivity contribution in [3.8, 4) is 11.1 Å². The van der Waals surface area contributed by atoms with Crippen LogP contribution in [0.25, 0.3) is 11.1 Å². The Morgan fingerprint density at radius 3 is 2.42 bits per heavy atom. The van der Waals surface area contributed by atoms with E-state index in [9.17, 15) is 14.4 Å². The Bertz CT molecular complexity index is 1160. The van der Waals surface area contributed by atoms with E-state index in [0.29, 0.717) is 54.9 Å². The third-order valence-corrected chi connectivity index (χ3v) is 6.14. The molecule has 6 nitrogen and oxygen atoms in total. The summed E-state index contributed by atoms with van der Waals surface area (Å²) < 4.78 is 5.24. The van der Waals surface area contributed by atoms with E-state index < -0.39 is 0 Å². The molecular formula is C25H22N2O4. The summed E-state index contributed by atoms with van der Waals surface area (Å²) in [6, 6.07) is 16.5. The lowest BCUT2D eigenvalue weighted by molar-refractivity contribution is -0.126. The quantitative estimate of drug-likeness (QED) is 0.553. The Hall–Kier alpha value is -3.67. The molecule has 2 aliphatic rings. The summed E-state index contributed by atoms with van der Waals surface area (Å²) >= 11 is 0. The first-order valence-corrected chi connectivity index (χ1v) is 10.5. The van der Waals surface area contributed by atoms with Crippen LogP contribution >= 0.6 is 0 Å². The van der Waals surface area contributed by atoms with E-state index in [1.807, 2.05) is 36.4 Å². The normalized spacial score (nSPS) is 15.5. The van der Waals surface area contributed by atoms with Gasteiger partial charge in [0, 0.05) is 35.7 Å². The summed E-state index contributed by atoms with van der Waals surface area (Å²) in [4.78, 5) is 40.0. The second-order valence-corrected chi connectivity index (χ2v) is 8.00. The molecule has 1 N–H and O–H groups in total. The first-order valence-electron chi connectivity index (χ1n) is 10.5. The number of amides is 2. The predicted molar refractivity (Wildman–Crippen MR) is 114 cm³/mol. The molecule has 1 fully saturated rings. The molecule has 0 saturated carbocycles. The molecule has 5 rings (SSSR count). The van der Waals surface area contributed by atoms with Gasteiger partial charge >= 0.3 is 0 Å². The van der Waals surface area contributed by atoms with E-state index in [0.717, 1.165) is 11.1 Å². The van der Waals surface area contributed by atoms with Gasteiger partial charge in [0.05, 0.1) is 12.8 Å². The lowest BCUT2D eigenvalue weighted by atomic mass is 9.95. The van der Waals surface area contributed by atoms with Crippen LogP contribution in [0.4, 0.5) is 0 Å². The van der Waals surface area contributed by atoms with Gasteiger partial charge in [-0.2, -0.15) is 0 Å². The van der Waals surface area contributed by atoms with Gasteiger partial charge in [-0.3, -0.25) is 14.4 Å². The molecule has 1 aliphatic carbocycles. The third-order valence-electron chi connectivity index (χ3n) is 6.14. The average molecular weight is 414 g/mol. The fourth-order valence-electron chi connectivity index (χ4n) is 4.42. The molecule has 0 atom stereocenters. The molecule has 2 aromatic carbocycles. The molecular weight excluding hydrogens is 392 g/mol. The molecule has 0 spiro atoms. The van der Waals surface area contributed by atoms with Crippen LogP contribution in [0.15, 0.2) is 65.3 Å². The minimum atomic E-state index is -0.116. The van der Waals surface area contributed by atoms with Gasteiger partial charge in [-0.15, -0.1) is 0 Å². The van der Waals surface area contributed by atoms with Crippen molar-refractivity contribution in [2.75, 3.05) is 13.1 Å². The number of rotatable bonds is 4. The van der Waals surface area contributed by atoms with Crippen LogP contribution in [0.2, 0.25) is 0 Å². The van der Waals surface area contributed by atoms with Crippen LogP contribution in [0.3, 0.4) is 0 Å². The van der Waals surface area contributed by atoms with Crippen LogP contribution in [0.5, 0.6) is 0 Å². The highest BCUT2D eigenvalue weighted by Crippen LogP contribution is 2.37. The van der Waals surface area contributed by atoms with Gasteiger partial charge in [0.15, 0.2) is 5.78 Å². The van der Waals surface area contributed by atoms with Crippen LogP contribution in [0.1, 0.15) is 44.9 Å². The average Bonchev–Trinajstić information content (AvgIpc) is 3.44. The van der Waals surface area contributed by atoms with Crippen molar-refractivity contribution >= 4 is 17.6 Å². The highest BCUT2D eigenvalue weighted by molar-refractivity contribution is 6.22. The van der Waals surface area contributed by atoms with E-state index in [1.54, 1.807) is 29.4 Å². The molecule has 2 amide bonds. The SMILES string of the molecule is O=C1c2ccccc2-c2ccc(C(=O)N3CCC(C(=O)NCc4ccco4)CC3)cc21. The van der Waals surface area contributed by atoms with Gasteiger partial charge in [-0.1, -0.05) is 30.3 Å². The van der Waals surface area contributed by atoms with Gasteiger partial charge in [-0.05, 0) is 48.2 Å². The summed E-state index contributed by atoms with van der Waals surface area (Å²) in [6.07, 6.45) is 2.81. The lowest BCUT2D eigenvalue weighted by Gasteiger charge is -2.31. The molecule has 156 valence electrons. The van der Waals surface area contributed by atoms with Crippen molar-refractivity contribution < 1.29 is 18.8 Å². The van der Waals surface area contributed by atoms with Gasteiger partial charge in [-0.25, -0.2) is 0 Å². The number of hydrogen-bond acceptors (Lipinski definition) is 4. The molecule has 0 unspecified atom stereocenters. The number of furan rings is 1. The maximum Gasteiger partial charge on any atom is 0.253 e. The van der Waals surface area contributed by atoms with Crippen LogP contribution in [-0.2, 0) is 11.3 Å². The standard InChI is InChI=1S/C25H22N2O4/c28-23-21-6-2-1-5-19(21)20-8-7-17(14-22(20)23)25(30)27-11-9-16(10-12-27)24(29)26-15-18-4-3-13-31-18/h1-8,13-14,16H,9-12,15H2,(H,26,29). The van der Waals surface area contributed by atoms with Crippen LogP contribution < -0.4 is 5.32 Å². The van der Waals surface area contributed by atoms with E-state index in [4.69, 9.17) is 4.42 Å². The number of nitrogens with one attached hydrogen (secondary N) is 1. The van der Waals surface area contributed by atoms with E-state index >= 15 is 0 Å². The van der Waals surface area contributed by atoms with Crippen molar-refractivity contribution in [3.63, 3.8) is 0 Å². The predicted octanol–water partition coefficient (Wildman–Crippen LogP) is 3.66. The van der Waals surface area contributed by atoms with Crippen molar-refractivity contribution in [1.82, 2.24) is 10.2 Å². The number of carbonyl (C=O) groups excluding carboxylic acids is 3. The number of likely N-dealkylation sites (tertiary alicyclic amines) is 1. The zero-order valence-electron chi connectivity index (χ0n) is 17.0. The van der Waals surface area contributed by atoms with Gasteiger partial charge < -0.3 is 14.6 Å². The fraction of sp³-hybridized carbons (Fsp3) is 0.240. The van der Waals surface area contributed by atoms with Crippen LogP contribution in [0, 0.1) is 5.92 Å². The number of carbonyl (C=O) groups is 3. The van der Waals surface area contributed by atoms with Crippen molar-refractivity contribution in [2.24, 2.45) is 5.92 Å². The summed E-state index contributed by atoms with van der Waals surface area (Å²) in [6.45, 7) is 1.41. The lowest BCUT2D eigenvalue weighted by Crippen LogP contribution is -2.42. The van der Waals surface area contributed by atoms with E-state index in [-0.39, 0.29) is 23.5 Å². The second-order valence-electron chi connectivity index (χ2n) is 8.00. The Morgan fingerprint density at radius 1 is 0.935 bits per heavy atom. The Morgan fingerprint density at radius 2 is 1.68 bits per heavy atom. The van der Waals surface area contributed by atoms with Crippen molar-refractivity contribution in [3.05, 3.63) is 83.3 Å². The highest BCUT2D eigenvalue weighted by Gasteiger charge is 2.30. The van der Waals surface area contributed by atoms with Crippen LogP contribution in [-0.4, -0.2) is 35.6 Å². The largest absolute Gasteiger partial charge is 0.467 e. The molecule has 2 heterocycles. The Balaban J connectivity index is 1.22. The van der Waals surface area contributed by atoms with Gasteiger partial charge in [0.1, 0.15) is 5.76 Å². The molecule has 0 radical (unpaired) electrons. The molecule has 31 heavy (non-hydrogen) atoms. The number of benzene rings is 2. The van der Waals surface area contributed by atoms with E-state index in [1.165, 1.54) is 0 Å². The zero-order valence-corrected chi connectivity index (χ0v) is 17.0. The first-order chi connectivity index (χ1) is 15.1.